The molecule has 0 radical (unpaired) electrons. The molecule has 2 aliphatic rings. The van der Waals surface area contributed by atoms with Gasteiger partial charge < -0.3 is 39.4 Å². The van der Waals surface area contributed by atoms with Crippen molar-refractivity contribution < 1.29 is 33.4 Å². The molecule has 2 aliphatic heterocycles. The summed E-state index contributed by atoms with van der Waals surface area (Å²) in [6.45, 7) is 8.87. The van der Waals surface area contributed by atoms with Crippen LogP contribution in [0.4, 0.5) is 16.2 Å². The van der Waals surface area contributed by atoms with Crippen molar-refractivity contribution in [2.24, 2.45) is 5.92 Å². The number of para-hydroxylation sites is 1. The number of anilines is 2. The van der Waals surface area contributed by atoms with Crippen LogP contribution in [0.5, 0.6) is 17.2 Å². The van der Waals surface area contributed by atoms with Crippen LogP contribution in [0.3, 0.4) is 0 Å². The quantitative estimate of drug-likeness (QED) is 0.361. The van der Waals surface area contributed by atoms with Gasteiger partial charge in [0, 0.05) is 25.6 Å². The number of aryl methyl sites for hydroxylation is 2. The predicted molar refractivity (Wildman–Crippen MR) is 155 cm³/mol. The number of rotatable bonds is 8. The Hall–Kier alpha value is -4.29. The number of likely N-dealkylation sites (N-methyl/N-ethyl adjacent to an activating group) is 1. The lowest BCUT2D eigenvalue weighted by Gasteiger charge is -2.38. The molecule has 0 fully saturated rings. The third-order valence-electron chi connectivity index (χ3n) is 7.59. The molecule has 1 aromatic heterocycles. The predicted octanol–water partition coefficient (Wildman–Crippen LogP) is 4.02. The Kier molecular flexibility index (Phi) is 8.55. The second-order valence-electron chi connectivity index (χ2n) is 11.0. The molecule has 224 valence electrons. The number of carbonyl (C=O) groups is 2. The topological polar surface area (TPSA) is 139 Å². The maximum Gasteiger partial charge on any atom is 0.323 e. The molecule has 0 saturated carbocycles. The Balaban J connectivity index is 1.41. The SMILES string of the molecule is Cc1noc(C)c1NC(=O)Nc1cccc2c1O[C@H](CN(C)Cc1ccc3c(c1)OCO3)[C@H](C)CN([C@H](C)CO)C2=O. The first kappa shape index (κ1) is 29.2. The van der Waals surface area contributed by atoms with Gasteiger partial charge in [-0.15, -0.1) is 0 Å². The van der Waals surface area contributed by atoms with E-state index in [4.69, 9.17) is 18.7 Å². The lowest BCUT2D eigenvalue weighted by Crippen LogP contribution is -2.49. The van der Waals surface area contributed by atoms with Gasteiger partial charge in [-0.25, -0.2) is 4.79 Å². The summed E-state index contributed by atoms with van der Waals surface area (Å²) in [5, 5.41) is 19.4. The zero-order valence-electron chi connectivity index (χ0n) is 24.5. The van der Waals surface area contributed by atoms with Crippen LogP contribution in [-0.4, -0.2) is 77.7 Å². The minimum atomic E-state index is -0.527. The summed E-state index contributed by atoms with van der Waals surface area (Å²) in [7, 11) is 2.00. The van der Waals surface area contributed by atoms with Crippen molar-refractivity contribution in [3.8, 4) is 17.2 Å². The zero-order valence-corrected chi connectivity index (χ0v) is 24.5. The van der Waals surface area contributed by atoms with Crippen LogP contribution < -0.4 is 24.8 Å². The summed E-state index contributed by atoms with van der Waals surface area (Å²) in [5.41, 5.74) is 2.73. The van der Waals surface area contributed by atoms with Crippen molar-refractivity contribution in [3.05, 3.63) is 59.0 Å². The zero-order chi connectivity index (χ0) is 30.0. The summed E-state index contributed by atoms with van der Waals surface area (Å²) in [6, 6.07) is 10.0. The molecule has 0 spiro atoms. The number of ether oxygens (including phenoxy) is 3. The highest BCUT2D eigenvalue weighted by Crippen LogP contribution is 2.36. The third kappa shape index (κ3) is 6.14. The first-order chi connectivity index (χ1) is 20.1. The number of aliphatic hydroxyl groups excluding tert-OH is 1. The highest BCUT2D eigenvalue weighted by atomic mass is 16.7. The molecule has 12 nitrogen and oxygen atoms in total. The second-order valence-corrected chi connectivity index (χ2v) is 11.0. The van der Waals surface area contributed by atoms with Crippen LogP contribution in [0.25, 0.3) is 0 Å². The molecule has 0 unspecified atom stereocenters. The molecule has 0 bridgehead atoms. The largest absolute Gasteiger partial charge is 0.486 e. The maximum absolute atomic E-state index is 13.7. The van der Waals surface area contributed by atoms with Gasteiger partial charge in [0.15, 0.2) is 23.0 Å². The molecule has 3 atom stereocenters. The number of aliphatic hydroxyl groups is 1. The number of hydrogen-bond acceptors (Lipinski definition) is 9. The van der Waals surface area contributed by atoms with Crippen molar-refractivity contribution in [1.82, 2.24) is 15.0 Å². The molecule has 3 aromatic rings. The molecular weight excluding hydrogens is 542 g/mol. The van der Waals surface area contributed by atoms with Crippen LogP contribution in [-0.2, 0) is 6.54 Å². The minimum absolute atomic E-state index is 0.0977. The fraction of sp³-hybridized carbons (Fsp3) is 0.433. The van der Waals surface area contributed by atoms with Crippen LogP contribution in [0.2, 0.25) is 0 Å². The van der Waals surface area contributed by atoms with E-state index in [2.05, 4.69) is 20.7 Å². The Morgan fingerprint density at radius 2 is 1.98 bits per heavy atom. The molecule has 5 rings (SSSR count). The van der Waals surface area contributed by atoms with Crippen molar-refractivity contribution >= 4 is 23.3 Å². The first-order valence-electron chi connectivity index (χ1n) is 13.9. The van der Waals surface area contributed by atoms with Gasteiger partial charge in [-0.2, -0.15) is 0 Å². The lowest BCUT2D eigenvalue weighted by atomic mass is 9.99. The highest BCUT2D eigenvalue weighted by molar-refractivity contribution is 6.04. The van der Waals surface area contributed by atoms with Gasteiger partial charge in [0.2, 0.25) is 6.79 Å². The second kappa shape index (κ2) is 12.3. The van der Waals surface area contributed by atoms with Gasteiger partial charge in [-0.3, -0.25) is 9.69 Å². The summed E-state index contributed by atoms with van der Waals surface area (Å²) < 4.78 is 22.7. The van der Waals surface area contributed by atoms with Crippen molar-refractivity contribution in [2.75, 3.05) is 44.2 Å². The molecule has 3 heterocycles. The molecule has 3 N–H and O–H groups in total. The Morgan fingerprint density at radius 3 is 2.71 bits per heavy atom. The lowest BCUT2D eigenvalue weighted by molar-refractivity contribution is 0.0343. The van der Waals surface area contributed by atoms with E-state index in [1.807, 2.05) is 39.1 Å². The fourth-order valence-electron chi connectivity index (χ4n) is 5.21. The molecule has 2 aromatic carbocycles. The monoisotopic (exact) mass is 579 g/mol. The van der Waals surface area contributed by atoms with E-state index in [-0.39, 0.29) is 37.1 Å². The Bertz CT molecular complexity index is 1440. The van der Waals surface area contributed by atoms with E-state index < -0.39 is 12.1 Å². The van der Waals surface area contributed by atoms with Gasteiger partial charge in [0.05, 0.1) is 23.9 Å². The third-order valence-corrected chi connectivity index (χ3v) is 7.59. The van der Waals surface area contributed by atoms with Crippen LogP contribution >= 0.6 is 0 Å². The van der Waals surface area contributed by atoms with E-state index in [0.29, 0.717) is 48.0 Å². The number of amides is 3. The molecule has 12 heteroatoms. The summed E-state index contributed by atoms with van der Waals surface area (Å²) in [6.07, 6.45) is -0.349. The minimum Gasteiger partial charge on any atom is -0.486 e. The Morgan fingerprint density at radius 1 is 1.19 bits per heavy atom. The van der Waals surface area contributed by atoms with E-state index >= 15 is 0 Å². The average Bonchev–Trinajstić information content (AvgIpc) is 3.56. The highest BCUT2D eigenvalue weighted by Gasteiger charge is 2.34. The smallest absolute Gasteiger partial charge is 0.323 e. The van der Waals surface area contributed by atoms with Gasteiger partial charge in [-0.1, -0.05) is 24.2 Å². The van der Waals surface area contributed by atoms with Crippen molar-refractivity contribution in [3.63, 3.8) is 0 Å². The van der Waals surface area contributed by atoms with Crippen LogP contribution in [0, 0.1) is 19.8 Å². The molecule has 3 amide bonds. The summed E-state index contributed by atoms with van der Waals surface area (Å²) in [4.78, 5) is 30.6. The number of hydrogen-bond donors (Lipinski definition) is 3. The molecule has 0 aliphatic carbocycles. The number of carbonyl (C=O) groups excluding carboxylic acids is 2. The molecule has 0 saturated heterocycles. The van der Waals surface area contributed by atoms with E-state index in [1.165, 1.54) is 0 Å². The normalized spacial score (nSPS) is 18.6. The summed E-state index contributed by atoms with van der Waals surface area (Å²) in [5.74, 6) is 1.84. The summed E-state index contributed by atoms with van der Waals surface area (Å²) >= 11 is 0. The van der Waals surface area contributed by atoms with Gasteiger partial charge in [0.1, 0.15) is 17.5 Å². The number of fused-ring (bicyclic) bond motifs is 2. The van der Waals surface area contributed by atoms with E-state index in [1.54, 1.807) is 36.9 Å². The standard InChI is InChI=1S/C30H37N5O7/c1-17-12-35(18(2)15-36)29(37)22-7-6-8-23(31-30(38)32-27-19(3)33-42-20(27)4)28(22)41-26(17)14-34(5)13-21-9-10-24-25(11-21)40-16-39-24/h6-11,17-18,26,36H,12-16H2,1-5H3,(H2,31,32,38)/t17-,18-,26-/m1/s1. The van der Waals surface area contributed by atoms with Gasteiger partial charge in [0.25, 0.3) is 5.91 Å². The number of nitrogens with zero attached hydrogens (tertiary/aromatic N) is 3. The number of aromatic nitrogens is 1. The molecule has 42 heavy (non-hydrogen) atoms. The van der Waals surface area contributed by atoms with Gasteiger partial charge in [-0.05, 0) is 57.6 Å². The molecular formula is C30H37N5O7. The van der Waals surface area contributed by atoms with Crippen molar-refractivity contribution in [2.45, 2.75) is 46.4 Å². The van der Waals surface area contributed by atoms with E-state index in [0.717, 1.165) is 17.1 Å². The Labute approximate surface area is 244 Å². The fourth-order valence-corrected chi connectivity index (χ4v) is 5.21. The van der Waals surface area contributed by atoms with Gasteiger partial charge >= 0.3 is 6.03 Å². The van der Waals surface area contributed by atoms with E-state index in [9.17, 15) is 14.7 Å². The number of urea groups is 1. The van der Waals surface area contributed by atoms with Crippen LogP contribution in [0.1, 0.15) is 41.2 Å². The van der Waals surface area contributed by atoms with Crippen molar-refractivity contribution in [1.29, 1.82) is 0 Å². The average molecular weight is 580 g/mol. The van der Waals surface area contributed by atoms with Crippen LogP contribution in [0.15, 0.2) is 40.9 Å². The maximum atomic E-state index is 13.7. The number of nitrogens with one attached hydrogen (secondary N) is 2. The first-order valence-corrected chi connectivity index (χ1v) is 13.9. The number of benzene rings is 2.